The van der Waals surface area contributed by atoms with Crippen molar-refractivity contribution in [1.82, 2.24) is 10.6 Å². The molecule has 0 fully saturated rings. The van der Waals surface area contributed by atoms with Crippen molar-refractivity contribution in [3.05, 3.63) is 35.9 Å². The number of methoxy groups -OCH3 is 1. The second-order valence-corrected chi connectivity index (χ2v) is 4.24. The number of nitrogens with zero attached hydrogens (tertiary/aromatic N) is 1. The summed E-state index contributed by atoms with van der Waals surface area (Å²) >= 11 is 0. The molecule has 1 aromatic rings. The van der Waals surface area contributed by atoms with Crippen LogP contribution in [0, 0.1) is 11.3 Å². The third-order valence-corrected chi connectivity index (χ3v) is 2.63. The first-order chi connectivity index (χ1) is 9.56. The number of hydrogen-bond acceptors (Lipinski definition) is 4. The maximum absolute atomic E-state index is 12.0. The number of carbonyl (C=O) groups is 2. The summed E-state index contributed by atoms with van der Waals surface area (Å²) in [6.45, 7) is 1.57. The van der Waals surface area contributed by atoms with Gasteiger partial charge < -0.3 is 15.4 Å². The van der Waals surface area contributed by atoms with Gasteiger partial charge in [0.25, 0.3) is 0 Å². The summed E-state index contributed by atoms with van der Waals surface area (Å²) in [6.07, 6.45) is -0.370. The van der Waals surface area contributed by atoms with Crippen LogP contribution in [-0.4, -0.2) is 31.2 Å². The lowest BCUT2D eigenvalue weighted by Crippen LogP contribution is -2.49. The molecule has 2 amide bonds. The van der Waals surface area contributed by atoms with E-state index in [-0.39, 0.29) is 0 Å². The number of nitriles is 1. The molecule has 0 aliphatic carbocycles. The maximum Gasteiger partial charge on any atom is 0.407 e. The molecule has 20 heavy (non-hydrogen) atoms. The fraction of sp³-hybridized carbons (Fsp3) is 0.357. The van der Waals surface area contributed by atoms with Crippen molar-refractivity contribution in [2.24, 2.45) is 0 Å². The van der Waals surface area contributed by atoms with Crippen molar-refractivity contribution in [3.63, 3.8) is 0 Å². The third kappa shape index (κ3) is 4.98. The van der Waals surface area contributed by atoms with Crippen LogP contribution in [0.3, 0.4) is 0 Å². The van der Waals surface area contributed by atoms with Crippen molar-refractivity contribution >= 4 is 12.0 Å². The topological polar surface area (TPSA) is 91.2 Å². The average molecular weight is 275 g/mol. The van der Waals surface area contributed by atoms with E-state index >= 15 is 0 Å². The lowest BCUT2D eigenvalue weighted by Gasteiger charge is -2.18. The van der Waals surface area contributed by atoms with Crippen LogP contribution < -0.4 is 10.6 Å². The molecule has 0 radical (unpaired) electrons. The van der Waals surface area contributed by atoms with E-state index in [0.717, 1.165) is 5.56 Å². The van der Waals surface area contributed by atoms with Gasteiger partial charge in [-0.2, -0.15) is 5.26 Å². The molecule has 6 heteroatoms. The third-order valence-electron chi connectivity index (χ3n) is 2.63. The van der Waals surface area contributed by atoms with Gasteiger partial charge in [-0.05, 0) is 12.5 Å². The predicted molar refractivity (Wildman–Crippen MR) is 72.7 cm³/mol. The zero-order valence-corrected chi connectivity index (χ0v) is 11.4. The van der Waals surface area contributed by atoms with Crippen molar-refractivity contribution in [2.75, 3.05) is 7.11 Å². The van der Waals surface area contributed by atoms with E-state index in [1.54, 1.807) is 6.92 Å². The Balaban J connectivity index is 2.77. The van der Waals surface area contributed by atoms with Gasteiger partial charge in [-0.3, -0.25) is 4.79 Å². The molecule has 0 aliphatic heterocycles. The number of alkyl carbamates (subject to hydrolysis) is 1. The summed E-state index contributed by atoms with van der Waals surface area (Å²) in [5, 5.41) is 13.7. The number of benzene rings is 1. The molecule has 0 heterocycles. The molecule has 0 saturated carbocycles. The quantitative estimate of drug-likeness (QED) is 0.838. The lowest BCUT2D eigenvalue weighted by atomic mass is 10.1. The molecule has 0 aliphatic rings. The first-order valence-electron chi connectivity index (χ1n) is 6.15. The standard InChI is InChI=1S/C14H17N3O3/c1-10(9-15)16-13(18)12(17-14(19)20-2)8-11-6-4-3-5-7-11/h3-7,10,12H,8H2,1-2H3,(H,16,18)(H,17,19)/t10-,12-/m0/s1. The summed E-state index contributed by atoms with van der Waals surface area (Å²) < 4.78 is 4.50. The Kier molecular flexibility index (Phi) is 6.04. The second-order valence-electron chi connectivity index (χ2n) is 4.24. The van der Waals surface area contributed by atoms with Gasteiger partial charge in [-0.1, -0.05) is 30.3 Å². The van der Waals surface area contributed by atoms with E-state index in [1.807, 2.05) is 36.4 Å². The Labute approximate surface area is 117 Å². The largest absolute Gasteiger partial charge is 0.453 e. The molecule has 106 valence electrons. The zero-order chi connectivity index (χ0) is 15.0. The smallest absolute Gasteiger partial charge is 0.407 e. The molecule has 1 aromatic carbocycles. The normalized spacial score (nSPS) is 12.7. The van der Waals surface area contributed by atoms with Crippen LogP contribution in [0.2, 0.25) is 0 Å². The van der Waals surface area contributed by atoms with Gasteiger partial charge in [0.1, 0.15) is 12.1 Å². The highest BCUT2D eigenvalue weighted by atomic mass is 16.5. The maximum atomic E-state index is 12.0. The van der Waals surface area contributed by atoms with E-state index < -0.39 is 24.1 Å². The number of ether oxygens (including phenoxy) is 1. The van der Waals surface area contributed by atoms with E-state index in [9.17, 15) is 9.59 Å². The Morgan fingerprint density at radius 3 is 2.50 bits per heavy atom. The molecule has 0 unspecified atom stereocenters. The van der Waals surface area contributed by atoms with Gasteiger partial charge in [-0.25, -0.2) is 4.79 Å². The summed E-state index contributed by atoms with van der Waals surface area (Å²) in [5.74, 6) is -0.423. The Bertz CT molecular complexity index is 496. The highest BCUT2D eigenvalue weighted by Gasteiger charge is 2.22. The van der Waals surface area contributed by atoms with Crippen LogP contribution in [0.25, 0.3) is 0 Å². The molecule has 0 saturated heterocycles. The molecule has 2 atom stereocenters. The highest BCUT2D eigenvalue weighted by molar-refractivity contribution is 5.86. The van der Waals surface area contributed by atoms with Crippen LogP contribution in [0.15, 0.2) is 30.3 Å². The van der Waals surface area contributed by atoms with Gasteiger partial charge in [0.05, 0.1) is 13.2 Å². The van der Waals surface area contributed by atoms with Crippen LogP contribution >= 0.6 is 0 Å². The molecule has 0 spiro atoms. The zero-order valence-electron chi connectivity index (χ0n) is 11.4. The van der Waals surface area contributed by atoms with Gasteiger partial charge in [0.2, 0.25) is 5.91 Å². The molecule has 1 rings (SSSR count). The molecule has 6 nitrogen and oxygen atoms in total. The van der Waals surface area contributed by atoms with Crippen LogP contribution in [0.4, 0.5) is 4.79 Å². The summed E-state index contributed by atoms with van der Waals surface area (Å²) in [5.41, 5.74) is 0.897. The Morgan fingerprint density at radius 1 is 1.30 bits per heavy atom. The van der Waals surface area contributed by atoms with E-state index in [4.69, 9.17) is 5.26 Å². The molecular weight excluding hydrogens is 258 g/mol. The van der Waals surface area contributed by atoms with Gasteiger partial charge in [-0.15, -0.1) is 0 Å². The summed E-state index contributed by atoms with van der Waals surface area (Å²) in [7, 11) is 1.23. The molecule has 2 N–H and O–H groups in total. The fourth-order valence-electron chi connectivity index (χ4n) is 1.61. The monoisotopic (exact) mass is 275 g/mol. The lowest BCUT2D eigenvalue weighted by molar-refractivity contribution is -0.123. The number of rotatable bonds is 5. The van der Waals surface area contributed by atoms with Crippen LogP contribution in [0.5, 0.6) is 0 Å². The van der Waals surface area contributed by atoms with Crippen molar-refractivity contribution in [1.29, 1.82) is 5.26 Å². The first-order valence-corrected chi connectivity index (χ1v) is 6.15. The van der Waals surface area contributed by atoms with Gasteiger partial charge in [0, 0.05) is 6.42 Å². The molecule has 0 aromatic heterocycles. The fourth-order valence-corrected chi connectivity index (χ4v) is 1.61. The molecule has 0 bridgehead atoms. The Morgan fingerprint density at radius 2 is 1.95 bits per heavy atom. The van der Waals surface area contributed by atoms with E-state index in [1.165, 1.54) is 7.11 Å². The minimum Gasteiger partial charge on any atom is -0.453 e. The molecular formula is C14H17N3O3. The van der Waals surface area contributed by atoms with Crippen LogP contribution in [-0.2, 0) is 16.0 Å². The summed E-state index contributed by atoms with van der Waals surface area (Å²) in [6, 6.07) is 9.76. The van der Waals surface area contributed by atoms with E-state index in [2.05, 4.69) is 15.4 Å². The van der Waals surface area contributed by atoms with Gasteiger partial charge in [0.15, 0.2) is 0 Å². The van der Waals surface area contributed by atoms with Crippen molar-refractivity contribution in [2.45, 2.75) is 25.4 Å². The number of nitrogens with one attached hydrogen (secondary N) is 2. The van der Waals surface area contributed by atoms with Crippen molar-refractivity contribution < 1.29 is 14.3 Å². The SMILES string of the molecule is COC(=O)N[C@@H](Cc1ccccc1)C(=O)N[C@@H](C)C#N. The number of hydrogen-bond donors (Lipinski definition) is 2. The minimum absolute atomic E-state index is 0.319. The number of amides is 2. The Hall–Kier alpha value is -2.55. The van der Waals surface area contributed by atoms with Crippen LogP contribution in [0.1, 0.15) is 12.5 Å². The second kappa shape index (κ2) is 7.79. The van der Waals surface area contributed by atoms with Crippen molar-refractivity contribution in [3.8, 4) is 6.07 Å². The summed E-state index contributed by atoms with van der Waals surface area (Å²) in [4.78, 5) is 23.3. The number of carbonyl (C=O) groups excluding carboxylic acids is 2. The minimum atomic E-state index is -0.791. The highest BCUT2D eigenvalue weighted by Crippen LogP contribution is 2.04. The van der Waals surface area contributed by atoms with Gasteiger partial charge >= 0.3 is 6.09 Å². The predicted octanol–water partition coefficient (Wildman–Crippen LogP) is 0.982. The average Bonchev–Trinajstić information content (AvgIpc) is 2.47. The first kappa shape index (κ1) is 15.5. The van der Waals surface area contributed by atoms with E-state index in [0.29, 0.717) is 6.42 Å².